The van der Waals surface area contributed by atoms with Crippen molar-refractivity contribution < 1.29 is 0 Å². The van der Waals surface area contributed by atoms with Crippen LogP contribution in [0.5, 0.6) is 0 Å². The number of pyridine rings is 4. The predicted octanol–water partition coefficient (Wildman–Crippen LogP) is 21.2. The number of thiophene rings is 1. The van der Waals surface area contributed by atoms with E-state index >= 15 is 0 Å². The van der Waals surface area contributed by atoms with E-state index in [-0.39, 0.29) is 0 Å². The quantitative estimate of drug-likeness (QED) is 0.108. The minimum absolute atomic E-state index is 0.730. The van der Waals surface area contributed by atoms with Crippen LogP contribution in [0.3, 0.4) is 0 Å². The van der Waals surface area contributed by atoms with Gasteiger partial charge < -0.3 is 9.13 Å². The minimum atomic E-state index is 0.730. The van der Waals surface area contributed by atoms with Crippen molar-refractivity contribution >= 4 is 78.1 Å². The second-order valence-electron chi connectivity index (χ2n) is 22.7. The number of nitrogens with zero attached hydrogens (tertiary/aromatic N) is 6. The van der Waals surface area contributed by atoms with Crippen LogP contribution in [0.1, 0.15) is 34.2 Å². The van der Waals surface area contributed by atoms with Crippen LogP contribution in [0.4, 0.5) is 0 Å². The molecular formula is C82H56N6S. The largest absolute Gasteiger partial charge is 0.310 e. The Morgan fingerprint density at radius 1 is 0.393 bits per heavy atom. The lowest BCUT2D eigenvalue weighted by Crippen LogP contribution is -1.98. The summed E-state index contributed by atoms with van der Waals surface area (Å²) in [6, 6.07) is 78.6. The Balaban J connectivity index is 0.838. The predicted molar refractivity (Wildman–Crippen MR) is 373 cm³/mol. The second-order valence-corrected chi connectivity index (χ2v) is 23.8. The number of benzene rings is 8. The highest BCUT2D eigenvalue weighted by Crippen LogP contribution is 2.43. The van der Waals surface area contributed by atoms with Crippen LogP contribution in [0.15, 0.2) is 286 Å². The molecular weight excluding hydrogens is 1100 g/mol. The Morgan fingerprint density at radius 3 is 1.34 bits per heavy atom. The van der Waals surface area contributed by atoms with Crippen molar-refractivity contribution in [3.05, 3.63) is 313 Å². The van der Waals surface area contributed by atoms with E-state index in [0.717, 1.165) is 141 Å². The first-order chi connectivity index (χ1) is 44.0. The van der Waals surface area contributed by atoms with Crippen molar-refractivity contribution in [2.24, 2.45) is 0 Å². The molecule has 0 unspecified atom stereocenters. The van der Waals surface area contributed by atoms with Gasteiger partial charge in [0.05, 0.1) is 22.2 Å². The zero-order chi connectivity index (χ0) is 59.2. The average molecular weight is 1160 g/mol. The molecule has 0 spiro atoms. The fraction of sp³-hybridized carbons (Fsp3) is 0.0366. The summed E-state index contributed by atoms with van der Waals surface area (Å²) in [4.78, 5) is 20.1. The average Bonchev–Trinajstić information content (AvgIpc) is 1.67. The third-order valence-corrected chi connectivity index (χ3v) is 18.4. The molecule has 89 heavy (non-hydrogen) atoms. The first kappa shape index (κ1) is 53.2. The van der Waals surface area contributed by atoms with Gasteiger partial charge in [0.25, 0.3) is 0 Å². The maximum absolute atomic E-state index is 4.76. The molecule has 0 fully saturated rings. The standard InChI is InChI=1S/C82H56N6S/c1-2-71-72-41-59(66-38-63(48-84-51-66)56-20-9-4-10-21-56)29-33-78(72)88(77(71)27-15-17-54-37-62(47-83-46-54)55-18-7-3-8-19-55)70-32-36-82-76(45-70)75-44-69(26-16-28-81(75)89-82)87-79-34-30-60(67-39-64(49-85-52-67)57-22-11-5-12-23-57)42-73(79)74-43-61(31-35-80(74)87)68-40-65(50-86-53-68)58-24-13-6-14-25-58/h3-15,18-53H,2,17H2,1H3/b27-15-. The molecule has 0 saturated carbocycles. The van der Waals surface area contributed by atoms with E-state index in [4.69, 9.17) is 19.9 Å². The van der Waals surface area contributed by atoms with Gasteiger partial charge >= 0.3 is 0 Å². The molecule has 0 bridgehead atoms. The SMILES string of the molecule is CCc1c(/C=C\Cc2cncc(-c3ccccc3)c2)n(-c2ccc3sc4c(c3c2)C=C(n2c3ccc(-c5cncc(-c6ccccc6)c5)cc3c3cc(-c5cncc(-c6ccccc6)c5)ccc32)C=C=C4)c2ccc(-c3cncc(-c4ccccc4)c3)cc12. The first-order valence-corrected chi connectivity index (χ1v) is 31.0. The van der Waals surface area contributed by atoms with Crippen LogP contribution >= 0.6 is 11.3 Å². The zero-order valence-electron chi connectivity index (χ0n) is 48.8. The van der Waals surface area contributed by atoms with E-state index in [1.807, 2.05) is 60.9 Å². The van der Waals surface area contributed by atoms with Gasteiger partial charge in [0.2, 0.25) is 0 Å². The Hall–Kier alpha value is -11.3. The zero-order valence-corrected chi connectivity index (χ0v) is 49.6. The molecule has 420 valence electrons. The Labute approximate surface area is 520 Å². The van der Waals surface area contributed by atoms with Crippen molar-refractivity contribution in [2.45, 2.75) is 19.8 Å². The summed E-state index contributed by atoms with van der Waals surface area (Å²) in [6.07, 6.45) is 28.6. The lowest BCUT2D eigenvalue weighted by Gasteiger charge is -2.12. The summed E-state index contributed by atoms with van der Waals surface area (Å²) in [7, 11) is 0. The molecule has 7 aromatic heterocycles. The summed E-state index contributed by atoms with van der Waals surface area (Å²) >= 11 is 1.81. The maximum Gasteiger partial charge on any atom is 0.0545 e. The highest BCUT2D eigenvalue weighted by molar-refractivity contribution is 7.20. The van der Waals surface area contributed by atoms with E-state index in [1.54, 1.807) is 0 Å². The molecule has 0 N–H and O–H groups in total. The van der Waals surface area contributed by atoms with Gasteiger partial charge in [-0.1, -0.05) is 153 Å². The van der Waals surface area contributed by atoms with Gasteiger partial charge in [-0.15, -0.1) is 17.1 Å². The minimum Gasteiger partial charge on any atom is -0.310 e. The Bertz CT molecular complexity index is 5210. The van der Waals surface area contributed by atoms with Crippen molar-refractivity contribution in [3.8, 4) is 83.6 Å². The Kier molecular flexibility index (Phi) is 13.6. The van der Waals surface area contributed by atoms with Gasteiger partial charge in [0.15, 0.2) is 0 Å². The summed E-state index contributed by atoms with van der Waals surface area (Å²) < 4.78 is 6.11. The maximum atomic E-state index is 4.76. The Morgan fingerprint density at radius 2 is 0.843 bits per heavy atom. The van der Waals surface area contributed by atoms with Crippen molar-refractivity contribution in [3.63, 3.8) is 0 Å². The molecule has 0 radical (unpaired) electrons. The van der Waals surface area contributed by atoms with Gasteiger partial charge in [-0.3, -0.25) is 19.9 Å². The number of hydrogen-bond acceptors (Lipinski definition) is 5. The molecule has 6 nitrogen and oxygen atoms in total. The van der Waals surface area contributed by atoms with E-state index in [9.17, 15) is 0 Å². The normalized spacial score (nSPS) is 12.2. The van der Waals surface area contributed by atoms with E-state index in [2.05, 4.69) is 271 Å². The van der Waals surface area contributed by atoms with Gasteiger partial charge in [-0.05, 0) is 160 Å². The van der Waals surface area contributed by atoms with Gasteiger partial charge in [0, 0.05) is 143 Å². The lowest BCUT2D eigenvalue weighted by molar-refractivity contribution is 1.06. The van der Waals surface area contributed by atoms with Crippen molar-refractivity contribution in [1.29, 1.82) is 0 Å². The van der Waals surface area contributed by atoms with Crippen LogP contribution in [0.25, 0.3) is 150 Å². The summed E-state index contributed by atoms with van der Waals surface area (Å²) in [5, 5.41) is 4.70. The number of hydrogen-bond donors (Lipinski definition) is 0. The fourth-order valence-electron chi connectivity index (χ4n) is 12.9. The summed E-state index contributed by atoms with van der Waals surface area (Å²) in [6.45, 7) is 2.28. The molecule has 1 aliphatic carbocycles. The third-order valence-electron chi connectivity index (χ3n) is 17.3. The van der Waals surface area contributed by atoms with Gasteiger partial charge in [0.1, 0.15) is 0 Å². The fourth-order valence-corrected chi connectivity index (χ4v) is 14.0. The topological polar surface area (TPSA) is 61.4 Å². The van der Waals surface area contributed by atoms with Gasteiger partial charge in [-0.25, -0.2) is 0 Å². The highest BCUT2D eigenvalue weighted by Gasteiger charge is 2.22. The molecule has 15 aromatic rings. The molecule has 16 rings (SSSR count). The number of rotatable bonds is 13. The lowest BCUT2D eigenvalue weighted by atomic mass is 9.99. The monoisotopic (exact) mass is 1160 g/mol. The smallest absolute Gasteiger partial charge is 0.0545 e. The molecule has 0 aliphatic heterocycles. The molecule has 0 saturated heterocycles. The van der Waals surface area contributed by atoms with Gasteiger partial charge in [-0.2, -0.15) is 0 Å². The van der Waals surface area contributed by atoms with Crippen LogP contribution in [-0.2, 0) is 12.8 Å². The van der Waals surface area contributed by atoms with Crippen LogP contribution < -0.4 is 0 Å². The molecule has 0 atom stereocenters. The first-order valence-electron chi connectivity index (χ1n) is 30.2. The van der Waals surface area contributed by atoms with Crippen LogP contribution in [0.2, 0.25) is 0 Å². The number of aromatic nitrogens is 6. The molecule has 0 amide bonds. The van der Waals surface area contributed by atoms with Crippen molar-refractivity contribution in [2.75, 3.05) is 0 Å². The number of allylic oxidation sites excluding steroid dienone is 3. The third kappa shape index (κ3) is 10.0. The van der Waals surface area contributed by atoms with E-state index in [1.165, 1.54) is 31.5 Å². The number of fused-ring (bicyclic) bond motifs is 7. The molecule has 1 aliphatic rings. The molecule has 8 aromatic carbocycles. The molecule has 7 heterocycles. The summed E-state index contributed by atoms with van der Waals surface area (Å²) in [5.41, 5.74) is 29.4. The van der Waals surface area contributed by atoms with E-state index in [0.29, 0.717) is 0 Å². The second kappa shape index (κ2) is 22.8. The molecule has 7 heteroatoms. The highest BCUT2D eigenvalue weighted by atomic mass is 32.1. The number of aryl methyl sites for hydroxylation is 1. The van der Waals surface area contributed by atoms with Crippen LogP contribution in [-0.4, -0.2) is 29.1 Å². The van der Waals surface area contributed by atoms with E-state index < -0.39 is 0 Å². The van der Waals surface area contributed by atoms with Crippen LogP contribution in [0, 0.1) is 0 Å². The summed E-state index contributed by atoms with van der Waals surface area (Å²) in [5.74, 6) is 0. The van der Waals surface area contributed by atoms with Crippen molar-refractivity contribution in [1.82, 2.24) is 29.1 Å².